The Bertz CT molecular complexity index is 624. The first-order valence-electron chi connectivity index (χ1n) is 5.64. The van der Waals surface area contributed by atoms with Crippen molar-refractivity contribution in [2.24, 2.45) is 0 Å². The summed E-state index contributed by atoms with van der Waals surface area (Å²) in [6.45, 7) is 0.363. The van der Waals surface area contributed by atoms with Gasteiger partial charge in [0.2, 0.25) is 10.0 Å². The molecule has 7 nitrogen and oxygen atoms in total. The van der Waals surface area contributed by atoms with Crippen LogP contribution in [0.1, 0.15) is 5.56 Å². The third-order valence-electron chi connectivity index (χ3n) is 2.46. The van der Waals surface area contributed by atoms with Crippen molar-refractivity contribution in [3.05, 3.63) is 42.5 Å². The minimum absolute atomic E-state index is 0.0787. The molecule has 0 saturated carbocycles. The van der Waals surface area contributed by atoms with Gasteiger partial charge in [-0.05, 0) is 17.7 Å². The highest BCUT2D eigenvalue weighted by atomic mass is 32.2. The number of aliphatic hydroxyl groups excluding tert-OH is 1. The minimum atomic E-state index is -3.59. The van der Waals surface area contributed by atoms with Gasteiger partial charge < -0.3 is 5.11 Å². The maximum Gasteiger partial charge on any atom is 0.243 e. The molecule has 0 amide bonds. The molecule has 2 rings (SSSR count). The molecule has 2 N–H and O–H groups in total. The fourth-order valence-corrected chi connectivity index (χ4v) is 2.44. The molecule has 0 aliphatic rings. The second-order valence-electron chi connectivity index (χ2n) is 3.84. The van der Waals surface area contributed by atoms with Gasteiger partial charge in [0.25, 0.3) is 0 Å². The van der Waals surface area contributed by atoms with Gasteiger partial charge >= 0.3 is 0 Å². The number of aromatic nitrogens is 3. The molecular weight excluding hydrogens is 268 g/mol. The SMILES string of the molecule is O=S(=O)(NCc1ccncc1)c1cnn(CCO)c1. The fourth-order valence-electron chi connectivity index (χ4n) is 1.47. The van der Waals surface area contributed by atoms with Crippen LogP contribution >= 0.6 is 0 Å². The van der Waals surface area contributed by atoms with Crippen molar-refractivity contribution >= 4 is 10.0 Å². The Morgan fingerprint density at radius 3 is 2.74 bits per heavy atom. The molecule has 0 aromatic carbocycles. The molecule has 0 aliphatic carbocycles. The average molecular weight is 282 g/mol. The number of rotatable bonds is 6. The van der Waals surface area contributed by atoms with Crippen molar-refractivity contribution in [2.45, 2.75) is 18.0 Å². The number of pyridine rings is 1. The van der Waals surface area contributed by atoms with E-state index in [1.165, 1.54) is 17.1 Å². The lowest BCUT2D eigenvalue weighted by Crippen LogP contribution is -2.22. The quantitative estimate of drug-likeness (QED) is 0.761. The highest BCUT2D eigenvalue weighted by Crippen LogP contribution is 2.08. The Balaban J connectivity index is 2.05. The largest absolute Gasteiger partial charge is 0.394 e. The number of sulfonamides is 1. The second kappa shape index (κ2) is 5.91. The molecule has 0 fully saturated rings. The van der Waals surface area contributed by atoms with E-state index in [0.29, 0.717) is 0 Å². The van der Waals surface area contributed by atoms with E-state index in [9.17, 15) is 8.42 Å². The van der Waals surface area contributed by atoms with E-state index in [1.807, 2.05) is 0 Å². The maximum atomic E-state index is 12.0. The van der Waals surface area contributed by atoms with Gasteiger partial charge in [0, 0.05) is 25.1 Å². The van der Waals surface area contributed by atoms with E-state index in [4.69, 9.17) is 5.11 Å². The maximum absolute atomic E-state index is 12.0. The Kier molecular flexibility index (Phi) is 4.25. The molecule has 0 aliphatic heterocycles. The summed E-state index contributed by atoms with van der Waals surface area (Å²) in [4.78, 5) is 3.94. The normalized spacial score (nSPS) is 11.6. The first-order valence-corrected chi connectivity index (χ1v) is 7.12. The molecule has 0 unspecified atom stereocenters. The average Bonchev–Trinajstić information content (AvgIpc) is 2.88. The van der Waals surface area contributed by atoms with Gasteiger partial charge in [0.05, 0.1) is 19.3 Å². The Labute approximate surface area is 111 Å². The van der Waals surface area contributed by atoms with Crippen LogP contribution < -0.4 is 4.72 Å². The van der Waals surface area contributed by atoms with Crippen molar-refractivity contribution in [1.82, 2.24) is 19.5 Å². The van der Waals surface area contributed by atoms with E-state index in [1.54, 1.807) is 24.5 Å². The van der Waals surface area contributed by atoms with E-state index in [2.05, 4.69) is 14.8 Å². The monoisotopic (exact) mass is 282 g/mol. The molecule has 0 spiro atoms. The predicted octanol–water partition coefficient (Wildman–Crippen LogP) is -0.251. The van der Waals surface area contributed by atoms with E-state index in [-0.39, 0.29) is 24.6 Å². The zero-order valence-electron chi connectivity index (χ0n) is 10.1. The molecule has 2 aromatic rings. The Hall–Kier alpha value is -1.77. The number of nitrogens with one attached hydrogen (secondary N) is 1. The zero-order chi connectivity index (χ0) is 13.7. The number of hydrogen-bond acceptors (Lipinski definition) is 5. The highest BCUT2D eigenvalue weighted by Gasteiger charge is 2.15. The molecule has 0 bridgehead atoms. The third kappa shape index (κ3) is 3.60. The van der Waals surface area contributed by atoms with Crippen LogP contribution in [0.2, 0.25) is 0 Å². The zero-order valence-corrected chi connectivity index (χ0v) is 10.9. The number of nitrogens with zero attached hydrogens (tertiary/aromatic N) is 3. The van der Waals surface area contributed by atoms with E-state index < -0.39 is 10.0 Å². The van der Waals surface area contributed by atoms with Gasteiger partial charge in [-0.2, -0.15) is 5.10 Å². The van der Waals surface area contributed by atoms with Crippen LogP contribution in [0, 0.1) is 0 Å². The van der Waals surface area contributed by atoms with Crippen LogP contribution in [0.5, 0.6) is 0 Å². The molecule has 2 aromatic heterocycles. The second-order valence-corrected chi connectivity index (χ2v) is 5.61. The summed E-state index contributed by atoms with van der Waals surface area (Å²) in [6.07, 6.45) is 5.83. The molecule has 0 radical (unpaired) electrons. The summed E-state index contributed by atoms with van der Waals surface area (Å²) in [7, 11) is -3.59. The molecule has 19 heavy (non-hydrogen) atoms. The molecule has 8 heteroatoms. The Morgan fingerprint density at radius 1 is 1.32 bits per heavy atom. The smallest absolute Gasteiger partial charge is 0.243 e. The van der Waals surface area contributed by atoms with Gasteiger partial charge in [-0.15, -0.1) is 0 Å². The molecule has 2 heterocycles. The number of aliphatic hydroxyl groups is 1. The first-order chi connectivity index (χ1) is 9.12. The lowest BCUT2D eigenvalue weighted by Gasteiger charge is -2.04. The summed E-state index contributed by atoms with van der Waals surface area (Å²) in [5, 5.41) is 12.6. The lowest BCUT2D eigenvalue weighted by molar-refractivity contribution is 0.269. The van der Waals surface area contributed by atoms with Crippen LogP contribution in [-0.2, 0) is 23.1 Å². The number of hydrogen-bond donors (Lipinski definition) is 2. The van der Waals surface area contributed by atoms with Gasteiger partial charge in [0.1, 0.15) is 4.90 Å². The summed E-state index contributed by atoms with van der Waals surface area (Å²) >= 11 is 0. The van der Waals surface area contributed by atoms with Crippen LogP contribution in [0.4, 0.5) is 0 Å². The Morgan fingerprint density at radius 2 is 2.05 bits per heavy atom. The summed E-state index contributed by atoms with van der Waals surface area (Å²) in [6, 6.07) is 3.47. The molecular formula is C11H14N4O3S. The summed E-state index contributed by atoms with van der Waals surface area (Å²) < 4.78 is 27.8. The standard InChI is InChI=1S/C11H14N4O3S/c16-6-5-15-9-11(8-13-15)19(17,18)14-7-10-1-3-12-4-2-10/h1-4,8-9,14,16H,5-7H2. The van der Waals surface area contributed by atoms with Crippen LogP contribution in [0.15, 0.2) is 41.8 Å². The van der Waals surface area contributed by atoms with E-state index in [0.717, 1.165) is 5.56 Å². The topological polar surface area (TPSA) is 97.1 Å². The summed E-state index contributed by atoms with van der Waals surface area (Å²) in [5.74, 6) is 0. The van der Waals surface area contributed by atoms with Gasteiger partial charge in [0.15, 0.2) is 0 Å². The molecule has 102 valence electrons. The first kappa shape index (κ1) is 13.7. The third-order valence-corrected chi connectivity index (χ3v) is 3.82. The molecule has 0 atom stereocenters. The van der Waals surface area contributed by atoms with E-state index >= 15 is 0 Å². The van der Waals surface area contributed by atoms with Crippen molar-refractivity contribution in [3.63, 3.8) is 0 Å². The van der Waals surface area contributed by atoms with Crippen molar-refractivity contribution < 1.29 is 13.5 Å². The van der Waals surface area contributed by atoms with Crippen molar-refractivity contribution in [3.8, 4) is 0 Å². The fraction of sp³-hybridized carbons (Fsp3) is 0.273. The predicted molar refractivity (Wildman–Crippen MR) is 67.6 cm³/mol. The van der Waals surface area contributed by atoms with Gasteiger partial charge in [-0.3, -0.25) is 9.67 Å². The van der Waals surface area contributed by atoms with Crippen molar-refractivity contribution in [2.75, 3.05) is 6.61 Å². The van der Waals surface area contributed by atoms with Crippen molar-refractivity contribution in [1.29, 1.82) is 0 Å². The van der Waals surface area contributed by atoms with Crippen LogP contribution in [-0.4, -0.2) is 34.9 Å². The van der Waals surface area contributed by atoms with Gasteiger partial charge in [-0.1, -0.05) is 0 Å². The van der Waals surface area contributed by atoms with Crippen LogP contribution in [0.25, 0.3) is 0 Å². The summed E-state index contributed by atoms with van der Waals surface area (Å²) in [5.41, 5.74) is 0.821. The van der Waals surface area contributed by atoms with Gasteiger partial charge in [-0.25, -0.2) is 13.1 Å². The van der Waals surface area contributed by atoms with Crippen LogP contribution in [0.3, 0.4) is 0 Å². The minimum Gasteiger partial charge on any atom is -0.394 e. The molecule has 0 saturated heterocycles. The lowest BCUT2D eigenvalue weighted by atomic mass is 10.3. The highest BCUT2D eigenvalue weighted by molar-refractivity contribution is 7.89.